The summed E-state index contributed by atoms with van der Waals surface area (Å²) in [4.78, 5) is 19.3. The van der Waals surface area contributed by atoms with Gasteiger partial charge in [0.1, 0.15) is 0 Å². The van der Waals surface area contributed by atoms with Gasteiger partial charge in [0, 0.05) is 24.7 Å². The van der Waals surface area contributed by atoms with Gasteiger partial charge in [-0.25, -0.2) is 9.37 Å². The number of aromatic amines is 1. The van der Waals surface area contributed by atoms with Gasteiger partial charge in [0.2, 0.25) is 5.91 Å². The van der Waals surface area contributed by atoms with Crippen LogP contribution < -0.4 is 10.6 Å². The van der Waals surface area contributed by atoms with Crippen molar-refractivity contribution in [1.29, 1.82) is 0 Å². The van der Waals surface area contributed by atoms with Crippen LogP contribution in [0.2, 0.25) is 0 Å². The number of phenolic OH excluding ortho intramolecular Hbond substituents is 1. The second-order valence-electron chi connectivity index (χ2n) is 4.62. The Balaban J connectivity index is 1.69. The van der Waals surface area contributed by atoms with Crippen LogP contribution >= 0.6 is 0 Å². The van der Waals surface area contributed by atoms with Gasteiger partial charge in [0.05, 0.1) is 23.8 Å². The summed E-state index contributed by atoms with van der Waals surface area (Å²) in [5.74, 6) is -1.47. The zero-order valence-electron chi connectivity index (χ0n) is 10.5. The van der Waals surface area contributed by atoms with E-state index in [1.54, 1.807) is 6.33 Å². The zero-order valence-corrected chi connectivity index (χ0v) is 10.5. The highest BCUT2D eigenvalue weighted by Gasteiger charge is 2.25. The number of hydrogen-bond acceptors (Lipinski definition) is 4. The predicted molar refractivity (Wildman–Crippen MR) is 69.6 cm³/mol. The molecule has 0 bridgehead atoms. The largest absolute Gasteiger partial charge is 0.505 e. The van der Waals surface area contributed by atoms with Crippen molar-refractivity contribution in [3.63, 3.8) is 0 Å². The summed E-state index contributed by atoms with van der Waals surface area (Å²) >= 11 is 0. The monoisotopic (exact) mass is 276 g/mol. The maximum atomic E-state index is 13.2. The predicted octanol–water partition coefficient (Wildman–Crippen LogP) is 0.907. The number of carbonyl (C=O) groups excluding carboxylic acids is 1. The minimum absolute atomic E-state index is 0.260. The molecule has 1 aliphatic rings. The van der Waals surface area contributed by atoms with Crippen molar-refractivity contribution in [1.82, 2.24) is 15.3 Å². The van der Waals surface area contributed by atoms with E-state index < -0.39 is 17.6 Å². The Morgan fingerprint density at radius 2 is 2.35 bits per heavy atom. The van der Waals surface area contributed by atoms with E-state index in [4.69, 9.17) is 5.11 Å². The van der Waals surface area contributed by atoms with Crippen LogP contribution in [0.3, 0.4) is 0 Å². The molecule has 1 unspecified atom stereocenters. The van der Waals surface area contributed by atoms with Gasteiger partial charge in [-0.1, -0.05) is 0 Å². The Kier molecular flexibility index (Phi) is 3.11. The number of fused-ring (bicyclic) bond motifs is 1. The van der Waals surface area contributed by atoms with Crippen LogP contribution in [0, 0.1) is 5.82 Å². The van der Waals surface area contributed by atoms with Gasteiger partial charge >= 0.3 is 0 Å². The molecule has 104 valence electrons. The molecule has 7 heteroatoms. The maximum absolute atomic E-state index is 13.2. The van der Waals surface area contributed by atoms with Crippen LogP contribution in [0.4, 0.5) is 10.1 Å². The molecular weight excluding hydrogens is 263 g/mol. The van der Waals surface area contributed by atoms with Crippen molar-refractivity contribution in [2.75, 3.05) is 5.32 Å². The normalized spacial score (nSPS) is 17.6. The third kappa shape index (κ3) is 2.35. The number of benzene rings is 1. The van der Waals surface area contributed by atoms with Gasteiger partial charge in [-0.3, -0.25) is 10.1 Å². The highest BCUT2D eigenvalue weighted by atomic mass is 19.1. The van der Waals surface area contributed by atoms with Crippen molar-refractivity contribution in [2.24, 2.45) is 0 Å². The Morgan fingerprint density at radius 3 is 3.15 bits per heavy atom. The molecule has 1 amide bonds. The SMILES string of the molecule is O=C(Nc1ccc(O)c(F)c1)C1Cc2nc[nH]c2CN1. The maximum Gasteiger partial charge on any atom is 0.241 e. The molecule has 3 rings (SSSR count). The van der Waals surface area contributed by atoms with Crippen molar-refractivity contribution < 1.29 is 14.3 Å². The number of halogens is 1. The fraction of sp³-hybridized carbons (Fsp3) is 0.231. The summed E-state index contributed by atoms with van der Waals surface area (Å²) in [7, 11) is 0. The van der Waals surface area contributed by atoms with Crippen LogP contribution in [-0.2, 0) is 17.8 Å². The third-order valence-electron chi connectivity index (χ3n) is 3.26. The number of anilines is 1. The van der Waals surface area contributed by atoms with Crippen LogP contribution in [0.25, 0.3) is 0 Å². The molecule has 2 aromatic rings. The molecule has 6 nitrogen and oxygen atoms in total. The third-order valence-corrected chi connectivity index (χ3v) is 3.26. The molecule has 1 aromatic carbocycles. The van der Waals surface area contributed by atoms with Gasteiger partial charge in [-0.15, -0.1) is 0 Å². The lowest BCUT2D eigenvalue weighted by Crippen LogP contribution is -2.44. The summed E-state index contributed by atoms with van der Waals surface area (Å²) in [6, 6.07) is 3.31. The average Bonchev–Trinajstić information content (AvgIpc) is 2.90. The fourth-order valence-corrected chi connectivity index (χ4v) is 2.17. The van der Waals surface area contributed by atoms with Crippen molar-refractivity contribution in [2.45, 2.75) is 19.0 Å². The van der Waals surface area contributed by atoms with E-state index in [-0.39, 0.29) is 5.91 Å². The Labute approximate surface area is 114 Å². The molecule has 0 radical (unpaired) electrons. The highest BCUT2D eigenvalue weighted by Crippen LogP contribution is 2.20. The molecule has 0 spiro atoms. The lowest BCUT2D eigenvalue weighted by Gasteiger charge is -2.22. The van der Waals surface area contributed by atoms with E-state index in [0.29, 0.717) is 18.7 Å². The van der Waals surface area contributed by atoms with E-state index >= 15 is 0 Å². The number of aromatic hydroxyl groups is 1. The number of imidazole rings is 1. The summed E-state index contributed by atoms with van der Waals surface area (Å²) in [5, 5.41) is 14.8. The summed E-state index contributed by atoms with van der Waals surface area (Å²) in [6.07, 6.45) is 2.08. The number of nitrogens with zero attached hydrogens (tertiary/aromatic N) is 1. The van der Waals surface area contributed by atoms with E-state index in [2.05, 4.69) is 20.6 Å². The average molecular weight is 276 g/mol. The van der Waals surface area contributed by atoms with Crippen molar-refractivity contribution in [3.05, 3.63) is 41.7 Å². The first-order valence-electron chi connectivity index (χ1n) is 6.17. The molecule has 0 saturated heterocycles. The summed E-state index contributed by atoms with van der Waals surface area (Å²) in [5.41, 5.74) is 2.14. The number of nitrogens with one attached hydrogen (secondary N) is 3. The van der Waals surface area contributed by atoms with Gasteiger partial charge in [-0.2, -0.15) is 0 Å². The zero-order chi connectivity index (χ0) is 14.1. The molecule has 20 heavy (non-hydrogen) atoms. The van der Waals surface area contributed by atoms with Crippen LogP contribution in [0.1, 0.15) is 11.4 Å². The van der Waals surface area contributed by atoms with Gasteiger partial charge in [-0.05, 0) is 12.1 Å². The standard InChI is InChI=1S/C13H13FN4O2/c14-8-3-7(1-2-12(8)19)18-13(20)10-4-9-11(5-15-10)17-6-16-9/h1-3,6,10,15,19H,4-5H2,(H,16,17)(H,18,20). The van der Waals surface area contributed by atoms with Crippen molar-refractivity contribution in [3.8, 4) is 5.75 Å². The number of H-pyrrole nitrogens is 1. The van der Waals surface area contributed by atoms with E-state index in [1.165, 1.54) is 12.1 Å². The Morgan fingerprint density at radius 1 is 1.50 bits per heavy atom. The van der Waals surface area contributed by atoms with Crippen LogP contribution in [0.5, 0.6) is 5.75 Å². The number of aromatic nitrogens is 2. The number of hydrogen-bond donors (Lipinski definition) is 4. The number of carbonyl (C=O) groups is 1. The number of amides is 1. The first-order chi connectivity index (χ1) is 9.63. The van der Waals surface area contributed by atoms with Crippen LogP contribution in [-0.4, -0.2) is 27.0 Å². The minimum Gasteiger partial charge on any atom is -0.505 e. The molecule has 0 fully saturated rings. The summed E-state index contributed by atoms with van der Waals surface area (Å²) in [6.45, 7) is 0.539. The fourth-order valence-electron chi connectivity index (χ4n) is 2.17. The van der Waals surface area contributed by atoms with E-state index in [1.807, 2.05) is 0 Å². The van der Waals surface area contributed by atoms with Gasteiger partial charge < -0.3 is 15.4 Å². The topological polar surface area (TPSA) is 90.0 Å². The first kappa shape index (κ1) is 12.6. The van der Waals surface area contributed by atoms with E-state index in [0.717, 1.165) is 17.5 Å². The molecule has 1 aromatic heterocycles. The molecule has 1 atom stereocenters. The van der Waals surface area contributed by atoms with Crippen molar-refractivity contribution >= 4 is 11.6 Å². The molecule has 0 aliphatic carbocycles. The van der Waals surface area contributed by atoms with Gasteiger partial charge in [0.25, 0.3) is 0 Å². The molecule has 4 N–H and O–H groups in total. The molecular formula is C13H13FN4O2. The number of rotatable bonds is 2. The van der Waals surface area contributed by atoms with E-state index in [9.17, 15) is 9.18 Å². The number of phenols is 1. The lowest BCUT2D eigenvalue weighted by molar-refractivity contribution is -0.118. The molecule has 1 aliphatic heterocycles. The quantitative estimate of drug-likeness (QED) is 0.614. The first-order valence-corrected chi connectivity index (χ1v) is 6.17. The highest BCUT2D eigenvalue weighted by molar-refractivity contribution is 5.95. The van der Waals surface area contributed by atoms with Crippen LogP contribution in [0.15, 0.2) is 24.5 Å². The Bertz CT molecular complexity index is 656. The Hall–Kier alpha value is -2.41. The van der Waals surface area contributed by atoms with Gasteiger partial charge in [0.15, 0.2) is 11.6 Å². The second kappa shape index (κ2) is 4.93. The smallest absolute Gasteiger partial charge is 0.241 e. The molecule has 0 saturated carbocycles. The summed E-state index contributed by atoms with van der Waals surface area (Å²) < 4.78 is 13.2. The molecule has 2 heterocycles. The second-order valence-corrected chi connectivity index (χ2v) is 4.62. The lowest BCUT2D eigenvalue weighted by atomic mass is 10.0. The minimum atomic E-state index is -0.769.